The van der Waals surface area contributed by atoms with E-state index in [1.54, 1.807) is 43.3 Å². The van der Waals surface area contributed by atoms with E-state index in [0.29, 0.717) is 72.3 Å². The molecule has 4 aromatic rings. The Balaban J connectivity index is 1.33. The maximum Gasteiger partial charge on any atom is 0.320 e. The number of anilines is 2. The molecule has 0 radical (unpaired) electrons. The van der Waals surface area contributed by atoms with Crippen molar-refractivity contribution in [3.63, 3.8) is 0 Å². The molecule has 1 unspecified atom stereocenters. The molecule has 0 aromatic carbocycles. The van der Waals surface area contributed by atoms with Crippen molar-refractivity contribution in [2.75, 3.05) is 43.9 Å². The third-order valence-corrected chi connectivity index (χ3v) is 9.16. The molecule has 260 valence electrons. The van der Waals surface area contributed by atoms with Crippen LogP contribution < -0.4 is 21.1 Å². The van der Waals surface area contributed by atoms with Crippen molar-refractivity contribution >= 4 is 57.9 Å². The summed E-state index contributed by atoms with van der Waals surface area (Å²) in [7, 11) is 3.39. The van der Waals surface area contributed by atoms with E-state index in [-0.39, 0.29) is 35.3 Å². The van der Waals surface area contributed by atoms with E-state index in [4.69, 9.17) is 4.98 Å². The molecule has 0 saturated carbocycles. The second-order valence-electron chi connectivity index (χ2n) is 13.2. The summed E-state index contributed by atoms with van der Waals surface area (Å²) in [6.45, 7) is 7.52. The van der Waals surface area contributed by atoms with E-state index in [1.807, 2.05) is 10.3 Å². The molecular weight excluding hydrogens is 650 g/mol. The zero-order chi connectivity index (χ0) is 35.3. The van der Waals surface area contributed by atoms with Gasteiger partial charge in [0.25, 0.3) is 11.5 Å². The highest BCUT2D eigenvalue weighted by Crippen LogP contribution is 2.28. The number of nitrogens with zero attached hydrogens (tertiary/aromatic N) is 8. The quantitative estimate of drug-likeness (QED) is 0.169. The molecule has 1 fully saturated rings. The van der Waals surface area contributed by atoms with Crippen LogP contribution in [-0.2, 0) is 15.0 Å². The van der Waals surface area contributed by atoms with Crippen molar-refractivity contribution in [1.29, 1.82) is 0 Å². The average Bonchev–Trinajstić information content (AvgIpc) is 3.75. The zero-order valence-electron chi connectivity index (χ0n) is 28.1. The van der Waals surface area contributed by atoms with Crippen LogP contribution in [0.25, 0.3) is 17.8 Å². The number of aromatic amines is 1. The highest BCUT2D eigenvalue weighted by Gasteiger charge is 2.26. The number of hydrogen-bond donors (Lipinski definition) is 4. The first-order valence-electron chi connectivity index (χ1n) is 16.0. The Morgan fingerprint density at radius 3 is 2.57 bits per heavy atom. The highest BCUT2D eigenvalue weighted by molar-refractivity contribution is 7.14. The van der Waals surface area contributed by atoms with Crippen molar-refractivity contribution < 1.29 is 19.5 Å². The first-order chi connectivity index (χ1) is 23.3. The van der Waals surface area contributed by atoms with Crippen LogP contribution in [0.3, 0.4) is 0 Å². The van der Waals surface area contributed by atoms with E-state index in [2.05, 4.69) is 57.0 Å². The van der Waals surface area contributed by atoms with Gasteiger partial charge in [0, 0.05) is 48.6 Å². The summed E-state index contributed by atoms with van der Waals surface area (Å²) in [5.41, 5.74) is 1.34. The highest BCUT2D eigenvalue weighted by atomic mass is 32.1. The summed E-state index contributed by atoms with van der Waals surface area (Å²) in [5.74, 6) is -0.559. The molecule has 0 spiro atoms. The number of rotatable bonds is 12. The standard InChI is InChI=1S/C32H41N11O5S/c1-32(2,3)23-18-49-31(34-23)36-28(45)20-11-15-43-25(17-20)35-27(21(29(43)46)6-7-24-37-39-40-38-24)42-13-9-19(10-14-42)16-26(44)33-12-8-22(30(47)48)41(4)5/h6-7,11,15,17-19,22H,8-10,12-14,16H2,1-5H3,(H,33,44)(H,47,48)(H,34,36,45)(H,37,38,39,40)/b7-6+. The smallest absolute Gasteiger partial charge is 0.320 e. The second-order valence-corrected chi connectivity index (χ2v) is 14.1. The van der Waals surface area contributed by atoms with Crippen LogP contribution in [0, 0.1) is 5.92 Å². The lowest BCUT2D eigenvalue weighted by atomic mass is 9.93. The summed E-state index contributed by atoms with van der Waals surface area (Å²) < 4.78 is 1.39. The molecule has 1 aliphatic rings. The lowest BCUT2D eigenvalue weighted by Gasteiger charge is -2.33. The van der Waals surface area contributed by atoms with E-state index in [1.165, 1.54) is 21.9 Å². The van der Waals surface area contributed by atoms with Gasteiger partial charge in [0.05, 0.1) is 11.3 Å². The Hall–Kier alpha value is -5.03. The van der Waals surface area contributed by atoms with Crippen molar-refractivity contribution in [3.05, 3.63) is 56.7 Å². The summed E-state index contributed by atoms with van der Waals surface area (Å²) in [6.07, 6.45) is 6.70. The van der Waals surface area contributed by atoms with Gasteiger partial charge in [-0.1, -0.05) is 20.8 Å². The number of thiazole rings is 1. The number of piperidine rings is 1. The van der Waals surface area contributed by atoms with Gasteiger partial charge < -0.3 is 15.3 Å². The zero-order valence-corrected chi connectivity index (χ0v) is 29.0. The molecule has 17 heteroatoms. The number of hydrogen-bond acceptors (Lipinski definition) is 12. The van der Waals surface area contributed by atoms with Gasteiger partial charge in [0.2, 0.25) is 5.91 Å². The molecule has 1 aliphatic heterocycles. The van der Waals surface area contributed by atoms with Crippen LogP contribution in [0.2, 0.25) is 0 Å². The summed E-state index contributed by atoms with van der Waals surface area (Å²) in [5, 5.41) is 31.3. The lowest BCUT2D eigenvalue weighted by Crippen LogP contribution is -2.40. The van der Waals surface area contributed by atoms with E-state index in [9.17, 15) is 24.3 Å². The fourth-order valence-electron chi connectivity index (χ4n) is 5.55. The van der Waals surface area contributed by atoms with Gasteiger partial charge in [-0.05, 0) is 68.8 Å². The number of carboxylic acids is 1. The third-order valence-electron chi connectivity index (χ3n) is 8.40. The molecule has 1 saturated heterocycles. The first kappa shape index (κ1) is 35.3. The van der Waals surface area contributed by atoms with Crippen LogP contribution in [0.1, 0.15) is 73.9 Å². The minimum Gasteiger partial charge on any atom is -0.480 e. The van der Waals surface area contributed by atoms with Crippen molar-refractivity contribution in [2.24, 2.45) is 5.92 Å². The number of aromatic nitrogens is 7. The lowest BCUT2D eigenvalue weighted by molar-refractivity contribution is -0.142. The van der Waals surface area contributed by atoms with Crippen LogP contribution in [-0.4, -0.2) is 103 Å². The normalized spacial score (nSPS) is 14.9. The number of aliphatic carboxylic acids is 1. The van der Waals surface area contributed by atoms with Crippen LogP contribution in [0.15, 0.2) is 28.5 Å². The van der Waals surface area contributed by atoms with E-state index >= 15 is 0 Å². The predicted molar refractivity (Wildman–Crippen MR) is 186 cm³/mol. The Labute approximate surface area is 286 Å². The average molecular weight is 692 g/mol. The number of carbonyl (C=O) groups is 3. The molecule has 5 rings (SSSR count). The molecule has 2 amide bonds. The van der Waals surface area contributed by atoms with Crippen molar-refractivity contribution in [1.82, 2.24) is 45.2 Å². The molecular formula is C32H41N11O5S. The Kier molecular flexibility index (Phi) is 10.8. The number of fused-ring (bicyclic) bond motifs is 1. The van der Waals surface area contributed by atoms with Crippen molar-refractivity contribution in [3.8, 4) is 0 Å². The largest absolute Gasteiger partial charge is 0.480 e. The van der Waals surface area contributed by atoms with E-state index in [0.717, 1.165) is 5.69 Å². The molecule has 5 heterocycles. The van der Waals surface area contributed by atoms with Crippen LogP contribution in [0.5, 0.6) is 0 Å². The number of pyridine rings is 1. The predicted octanol–water partition coefficient (Wildman–Crippen LogP) is 2.51. The van der Waals surface area contributed by atoms with Gasteiger partial charge >= 0.3 is 5.97 Å². The number of tetrazole rings is 1. The van der Waals surface area contributed by atoms with Gasteiger partial charge in [-0.15, -0.1) is 21.5 Å². The van der Waals surface area contributed by atoms with Gasteiger partial charge in [0.15, 0.2) is 11.0 Å². The van der Waals surface area contributed by atoms with Gasteiger partial charge in [-0.2, -0.15) is 5.21 Å². The van der Waals surface area contributed by atoms with Gasteiger partial charge in [-0.25, -0.2) is 9.97 Å². The van der Waals surface area contributed by atoms with Gasteiger partial charge in [0.1, 0.15) is 17.5 Å². The Bertz CT molecular complexity index is 1890. The third kappa shape index (κ3) is 8.72. The first-order valence-corrected chi connectivity index (χ1v) is 16.8. The minimum atomic E-state index is -0.926. The molecule has 0 bridgehead atoms. The molecule has 4 aromatic heterocycles. The minimum absolute atomic E-state index is 0.111. The molecule has 0 aliphatic carbocycles. The molecule has 1 atom stereocenters. The fraction of sp³-hybridized carbons (Fsp3) is 0.469. The number of amides is 2. The van der Waals surface area contributed by atoms with E-state index < -0.39 is 12.0 Å². The monoisotopic (exact) mass is 691 g/mol. The summed E-state index contributed by atoms with van der Waals surface area (Å²) in [6, 6.07) is 2.47. The van der Waals surface area contributed by atoms with Gasteiger partial charge in [-0.3, -0.25) is 33.8 Å². The number of carbonyl (C=O) groups excluding carboxylic acids is 2. The molecule has 16 nitrogen and oxygen atoms in total. The maximum absolute atomic E-state index is 13.8. The molecule has 49 heavy (non-hydrogen) atoms. The van der Waals surface area contributed by atoms with Crippen molar-refractivity contribution in [2.45, 2.75) is 57.9 Å². The Morgan fingerprint density at radius 2 is 1.94 bits per heavy atom. The maximum atomic E-state index is 13.8. The molecule has 4 N–H and O–H groups in total. The number of nitrogens with one attached hydrogen (secondary N) is 3. The SMILES string of the molecule is CN(C)C(CCNC(=O)CC1CCN(c2nc3cc(C(=O)Nc4nc(C(C)(C)C)cs4)ccn3c(=O)c2/C=C/c2nn[nH]n2)CC1)C(=O)O. The van der Waals surface area contributed by atoms with Crippen LogP contribution >= 0.6 is 11.3 Å². The number of likely N-dealkylation sites (N-methyl/N-ethyl adjacent to an activating group) is 1. The number of carboxylic acid groups (broad SMARTS) is 1. The fourth-order valence-corrected chi connectivity index (χ4v) is 6.48. The Morgan fingerprint density at radius 1 is 1.18 bits per heavy atom. The summed E-state index contributed by atoms with van der Waals surface area (Å²) in [4.78, 5) is 64.2. The second kappa shape index (κ2) is 15.0. The topological polar surface area (TPSA) is 204 Å². The van der Waals surface area contributed by atoms with Crippen LogP contribution in [0.4, 0.5) is 10.9 Å². The summed E-state index contributed by atoms with van der Waals surface area (Å²) >= 11 is 1.35. The number of H-pyrrole nitrogens is 1.